The van der Waals surface area contributed by atoms with E-state index in [2.05, 4.69) is 13.0 Å². The Balaban J connectivity index is 1.71. The molecule has 0 aliphatic heterocycles. The van der Waals surface area contributed by atoms with Crippen molar-refractivity contribution >= 4 is 40.2 Å². The standard InChI is InChI=1S/C25H34N2O3S/c1-16-7-9-18(10-8-16)24(28)27(20-13-11-19(26)12-14-20)21-15-22(31-23(21)25(29)30)17-5-3-2-4-6-17/h5,15-16,18,20,26H,2-4,6-14H2,1H3,(H,29,30). The molecule has 168 valence electrons. The Labute approximate surface area is 189 Å². The highest BCUT2D eigenvalue weighted by molar-refractivity contribution is 7.15. The second-order valence-electron chi connectivity index (χ2n) is 9.61. The number of hydrogen-bond donors (Lipinski definition) is 2. The first-order valence-corrected chi connectivity index (χ1v) is 12.7. The quantitative estimate of drug-likeness (QED) is 0.544. The van der Waals surface area contributed by atoms with Crippen LogP contribution in [0.1, 0.15) is 98.5 Å². The lowest BCUT2D eigenvalue weighted by Gasteiger charge is -2.38. The van der Waals surface area contributed by atoms with Gasteiger partial charge in [-0.3, -0.25) is 4.79 Å². The van der Waals surface area contributed by atoms with E-state index >= 15 is 0 Å². The molecule has 1 aromatic heterocycles. The molecule has 0 radical (unpaired) electrons. The van der Waals surface area contributed by atoms with Gasteiger partial charge in [-0.1, -0.05) is 13.0 Å². The fourth-order valence-electron chi connectivity index (χ4n) is 5.34. The van der Waals surface area contributed by atoms with Gasteiger partial charge in [-0.25, -0.2) is 4.79 Å². The van der Waals surface area contributed by atoms with Crippen molar-refractivity contribution in [2.45, 2.75) is 90.0 Å². The van der Waals surface area contributed by atoms with Crippen molar-refractivity contribution in [3.05, 3.63) is 21.9 Å². The summed E-state index contributed by atoms with van der Waals surface area (Å²) in [6, 6.07) is 1.97. The maximum absolute atomic E-state index is 13.8. The molecule has 5 nitrogen and oxygen atoms in total. The van der Waals surface area contributed by atoms with Gasteiger partial charge >= 0.3 is 5.97 Å². The Morgan fingerprint density at radius 2 is 1.77 bits per heavy atom. The average molecular weight is 443 g/mol. The minimum Gasteiger partial charge on any atom is -0.477 e. The van der Waals surface area contributed by atoms with Crippen molar-refractivity contribution in [1.82, 2.24) is 0 Å². The summed E-state index contributed by atoms with van der Waals surface area (Å²) in [5, 5.41) is 18.0. The van der Waals surface area contributed by atoms with Gasteiger partial charge in [0.2, 0.25) is 5.91 Å². The fourth-order valence-corrected chi connectivity index (χ4v) is 6.40. The number of rotatable bonds is 5. The minimum atomic E-state index is -0.943. The van der Waals surface area contributed by atoms with Crippen molar-refractivity contribution in [2.24, 2.45) is 11.8 Å². The molecule has 3 aliphatic carbocycles. The molecule has 2 saturated carbocycles. The fraction of sp³-hybridized carbons (Fsp3) is 0.640. The average Bonchev–Trinajstić information content (AvgIpc) is 3.22. The molecule has 0 saturated heterocycles. The molecule has 0 spiro atoms. The highest BCUT2D eigenvalue weighted by Gasteiger charge is 2.37. The normalized spacial score (nSPS) is 26.9. The summed E-state index contributed by atoms with van der Waals surface area (Å²) in [5.74, 6) is -0.194. The number of carboxylic acid groups (broad SMARTS) is 1. The second-order valence-corrected chi connectivity index (χ2v) is 10.7. The molecule has 1 heterocycles. The van der Waals surface area contributed by atoms with Crippen LogP contribution in [0.4, 0.5) is 5.69 Å². The molecule has 1 aromatic rings. The zero-order chi connectivity index (χ0) is 22.0. The van der Waals surface area contributed by atoms with E-state index < -0.39 is 5.97 Å². The number of anilines is 1. The lowest BCUT2D eigenvalue weighted by molar-refractivity contribution is -0.124. The summed E-state index contributed by atoms with van der Waals surface area (Å²) in [5.41, 5.74) is 2.57. The van der Waals surface area contributed by atoms with Crippen LogP contribution in [-0.2, 0) is 4.79 Å². The Bertz CT molecular complexity index is 869. The molecular formula is C25H34N2O3S. The summed E-state index contributed by atoms with van der Waals surface area (Å²) < 4.78 is 0. The number of allylic oxidation sites excluding steroid dienone is 2. The molecule has 0 aromatic carbocycles. The highest BCUT2D eigenvalue weighted by Crippen LogP contribution is 2.41. The lowest BCUT2D eigenvalue weighted by Crippen LogP contribution is -2.46. The molecule has 31 heavy (non-hydrogen) atoms. The van der Waals surface area contributed by atoms with E-state index in [0.29, 0.717) is 29.3 Å². The molecule has 0 unspecified atom stereocenters. The third-order valence-corrected chi connectivity index (χ3v) is 8.49. The number of nitrogens with one attached hydrogen (secondary N) is 1. The van der Waals surface area contributed by atoms with Crippen LogP contribution in [-0.4, -0.2) is 28.7 Å². The zero-order valence-corrected chi connectivity index (χ0v) is 19.3. The zero-order valence-electron chi connectivity index (χ0n) is 18.5. The van der Waals surface area contributed by atoms with Gasteiger partial charge in [0.05, 0.1) is 5.69 Å². The highest BCUT2D eigenvalue weighted by atomic mass is 32.1. The number of nitrogens with zero attached hydrogens (tertiary/aromatic N) is 1. The van der Waals surface area contributed by atoms with Gasteiger partial charge in [-0.15, -0.1) is 11.3 Å². The maximum Gasteiger partial charge on any atom is 0.348 e. The number of hydrogen-bond acceptors (Lipinski definition) is 4. The summed E-state index contributed by atoms with van der Waals surface area (Å²) >= 11 is 1.33. The van der Waals surface area contributed by atoms with Gasteiger partial charge < -0.3 is 15.4 Å². The van der Waals surface area contributed by atoms with Gasteiger partial charge in [0.15, 0.2) is 0 Å². The van der Waals surface area contributed by atoms with Crippen LogP contribution in [0.5, 0.6) is 0 Å². The second kappa shape index (κ2) is 9.68. The van der Waals surface area contributed by atoms with Crippen LogP contribution in [0.25, 0.3) is 5.57 Å². The Morgan fingerprint density at radius 1 is 1.06 bits per heavy atom. The molecule has 2 N–H and O–H groups in total. The number of carbonyl (C=O) groups excluding carboxylic acids is 1. The topological polar surface area (TPSA) is 81.5 Å². The Morgan fingerprint density at radius 3 is 2.39 bits per heavy atom. The van der Waals surface area contributed by atoms with Gasteiger partial charge in [-0.05, 0) is 94.6 Å². The largest absolute Gasteiger partial charge is 0.477 e. The predicted molar refractivity (Wildman–Crippen MR) is 126 cm³/mol. The van der Waals surface area contributed by atoms with Crippen LogP contribution in [0, 0.1) is 17.2 Å². The third-order valence-electron chi connectivity index (χ3n) is 7.30. The molecule has 3 aliphatic rings. The summed E-state index contributed by atoms with van der Waals surface area (Å²) in [4.78, 5) is 29.2. The Kier molecular flexibility index (Phi) is 6.95. The number of thiophene rings is 1. The predicted octanol–water partition coefficient (Wildman–Crippen LogP) is 6.53. The molecule has 2 fully saturated rings. The van der Waals surface area contributed by atoms with E-state index in [0.717, 1.165) is 68.4 Å². The van der Waals surface area contributed by atoms with Crippen LogP contribution in [0.15, 0.2) is 12.1 Å². The number of carboxylic acids is 1. The van der Waals surface area contributed by atoms with Gasteiger partial charge in [0, 0.05) is 22.5 Å². The smallest absolute Gasteiger partial charge is 0.348 e. The van der Waals surface area contributed by atoms with Gasteiger partial charge in [-0.2, -0.15) is 0 Å². The van der Waals surface area contributed by atoms with Gasteiger partial charge in [0.25, 0.3) is 0 Å². The summed E-state index contributed by atoms with van der Waals surface area (Å²) in [6.45, 7) is 2.25. The van der Waals surface area contributed by atoms with Crippen LogP contribution in [0.3, 0.4) is 0 Å². The molecule has 6 heteroatoms. The molecule has 4 rings (SSSR count). The molecule has 0 bridgehead atoms. The summed E-state index contributed by atoms with van der Waals surface area (Å²) in [6.07, 6.45) is 13.4. The Hall–Kier alpha value is -1.95. The van der Waals surface area contributed by atoms with Crippen LogP contribution >= 0.6 is 11.3 Å². The maximum atomic E-state index is 13.8. The van der Waals surface area contributed by atoms with Crippen LogP contribution in [0.2, 0.25) is 0 Å². The van der Waals surface area contributed by atoms with E-state index in [1.165, 1.54) is 23.3 Å². The van der Waals surface area contributed by atoms with E-state index in [9.17, 15) is 14.7 Å². The lowest BCUT2D eigenvalue weighted by atomic mass is 9.81. The van der Waals surface area contributed by atoms with E-state index in [-0.39, 0.29) is 17.9 Å². The first-order valence-electron chi connectivity index (χ1n) is 11.9. The first kappa shape index (κ1) is 22.3. The van der Waals surface area contributed by atoms with Crippen LogP contribution < -0.4 is 4.90 Å². The van der Waals surface area contributed by atoms with E-state index in [4.69, 9.17) is 5.41 Å². The SMILES string of the molecule is CC1CCC(C(=O)N(c2cc(C3=CCCCC3)sc2C(=O)O)C2CCC(=N)CC2)CC1. The van der Waals surface area contributed by atoms with Crippen molar-refractivity contribution < 1.29 is 14.7 Å². The van der Waals surface area contributed by atoms with E-state index in [1.54, 1.807) is 0 Å². The number of amides is 1. The minimum absolute atomic E-state index is 0.0122. The third kappa shape index (κ3) is 4.94. The summed E-state index contributed by atoms with van der Waals surface area (Å²) in [7, 11) is 0. The van der Waals surface area contributed by atoms with E-state index in [1.807, 2.05) is 11.0 Å². The number of carbonyl (C=O) groups is 2. The van der Waals surface area contributed by atoms with Crippen molar-refractivity contribution in [3.8, 4) is 0 Å². The number of aromatic carboxylic acids is 1. The molecule has 0 atom stereocenters. The van der Waals surface area contributed by atoms with Crippen molar-refractivity contribution in [3.63, 3.8) is 0 Å². The first-order chi connectivity index (χ1) is 14.9. The van der Waals surface area contributed by atoms with Gasteiger partial charge in [0.1, 0.15) is 4.88 Å². The molecular weight excluding hydrogens is 408 g/mol. The molecule has 1 amide bonds. The monoisotopic (exact) mass is 442 g/mol. The van der Waals surface area contributed by atoms with Crippen molar-refractivity contribution in [2.75, 3.05) is 4.90 Å². The van der Waals surface area contributed by atoms with Crippen molar-refractivity contribution in [1.29, 1.82) is 5.41 Å².